The van der Waals surface area contributed by atoms with Gasteiger partial charge in [-0.15, -0.1) is 16.3 Å². The largest absolute Gasteiger partial charge is 0.361 e. The highest BCUT2D eigenvalue weighted by Gasteiger charge is 1.97. The van der Waals surface area contributed by atoms with Crippen molar-refractivity contribution >= 4 is 28.3 Å². The van der Waals surface area contributed by atoms with E-state index in [1.165, 1.54) is 5.56 Å². The predicted molar refractivity (Wildman–Crippen MR) is 65.9 cm³/mol. The Kier molecular flexibility index (Phi) is 6.06. The molecule has 0 aliphatic carbocycles. The van der Waals surface area contributed by atoms with Gasteiger partial charge in [-0.2, -0.15) is 8.42 Å². The fraction of sp³-hybridized carbons (Fsp3) is 0.200. The first-order valence-corrected chi connectivity index (χ1v) is 5.92. The van der Waals surface area contributed by atoms with Crippen LogP contribution in [-0.4, -0.2) is 8.42 Å². The van der Waals surface area contributed by atoms with E-state index in [1.54, 1.807) is 12.1 Å². The summed E-state index contributed by atoms with van der Waals surface area (Å²) in [6.45, 7) is 2.04. The van der Waals surface area contributed by atoms with E-state index in [9.17, 15) is 12.3 Å². The van der Waals surface area contributed by atoms with Gasteiger partial charge >= 0.3 is 10.2 Å². The van der Waals surface area contributed by atoms with Crippen LogP contribution in [0.1, 0.15) is 12.5 Å². The van der Waals surface area contributed by atoms with E-state index in [0.29, 0.717) is 11.1 Å². The summed E-state index contributed by atoms with van der Waals surface area (Å²) >= 11 is 0. The Hall–Kier alpha value is -1.07. The van der Waals surface area contributed by atoms with E-state index in [2.05, 4.69) is 5.32 Å². The van der Waals surface area contributed by atoms with E-state index in [-0.39, 0.29) is 12.4 Å². The fourth-order valence-electron chi connectivity index (χ4n) is 1.05. The van der Waals surface area contributed by atoms with E-state index >= 15 is 0 Å². The minimum Gasteiger partial charge on any atom is -0.361 e. The first kappa shape index (κ1) is 14.9. The third-order valence-electron chi connectivity index (χ3n) is 1.84. The van der Waals surface area contributed by atoms with E-state index in [4.69, 9.17) is 0 Å². The van der Waals surface area contributed by atoms with Crippen LogP contribution >= 0.6 is 12.4 Å². The summed E-state index contributed by atoms with van der Waals surface area (Å²) in [7, 11) is -4.55. The van der Waals surface area contributed by atoms with Crippen molar-refractivity contribution in [2.75, 3.05) is 5.32 Å². The van der Waals surface area contributed by atoms with Gasteiger partial charge < -0.3 is 5.32 Å². The van der Waals surface area contributed by atoms with Crippen molar-refractivity contribution in [3.8, 4) is 0 Å². The van der Waals surface area contributed by atoms with Crippen molar-refractivity contribution in [3.63, 3.8) is 0 Å². The van der Waals surface area contributed by atoms with Crippen molar-refractivity contribution in [1.82, 2.24) is 0 Å². The molecular weight excluding hydrogens is 253 g/mol. The van der Waals surface area contributed by atoms with Gasteiger partial charge in [-0.25, -0.2) is 0 Å². The van der Waals surface area contributed by atoms with Gasteiger partial charge in [0, 0.05) is 11.9 Å². The van der Waals surface area contributed by atoms with Crippen LogP contribution in [-0.2, 0) is 16.6 Å². The molecule has 0 heterocycles. The topological polar surface area (TPSA) is 46.2 Å². The van der Waals surface area contributed by atoms with Gasteiger partial charge in [0.2, 0.25) is 0 Å². The second-order valence-electron chi connectivity index (χ2n) is 2.97. The lowest BCUT2D eigenvalue weighted by molar-refractivity contribution is 0.563. The smallest absolute Gasteiger partial charge is 0.326 e. The van der Waals surface area contributed by atoms with Crippen LogP contribution in [0.3, 0.4) is 0 Å². The van der Waals surface area contributed by atoms with E-state index in [0.717, 1.165) is 12.6 Å². The van der Waals surface area contributed by atoms with Crippen LogP contribution in [0.2, 0.25) is 0 Å². The minimum atomic E-state index is -4.55. The van der Waals surface area contributed by atoms with Crippen molar-refractivity contribution in [2.45, 2.75) is 13.3 Å². The van der Waals surface area contributed by atoms with Crippen molar-refractivity contribution in [3.05, 3.63) is 41.4 Å². The molecule has 16 heavy (non-hydrogen) atoms. The average Bonchev–Trinajstić information content (AvgIpc) is 2.17. The molecule has 0 atom stereocenters. The standard InChI is InChI=1S/C10H12FNO2S.ClH/c1-2-9-3-5-10(6-4-9)12-7-8-15(11,13)14;/h3-8,12H,2H2,1H3;1H. The van der Waals surface area contributed by atoms with Crippen molar-refractivity contribution in [2.24, 2.45) is 0 Å². The van der Waals surface area contributed by atoms with Crippen LogP contribution < -0.4 is 5.32 Å². The summed E-state index contributed by atoms with van der Waals surface area (Å²) in [5, 5.41) is 3.13. The molecule has 0 saturated heterocycles. The third kappa shape index (κ3) is 5.72. The molecule has 1 N–H and O–H groups in total. The normalized spacial score (nSPS) is 11.1. The summed E-state index contributed by atoms with van der Waals surface area (Å²) in [5.41, 5.74) is 1.90. The second-order valence-corrected chi connectivity index (χ2v) is 4.20. The number of halogens is 2. The lowest BCUT2D eigenvalue weighted by atomic mass is 10.1. The molecular formula is C10H13ClFNO2S. The number of anilines is 1. The molecule has 0 fully saturated rings. The number of hydrogen-bond acceptors (Lipinski definition) is 3. The van der Waals surface area contributed by atoms with Crippen LogP contribution in [0.25, 0.3) is 0 Å². The molecule has 0 bridgehead atoms. The van der Waals surface area contributed by atoms with Crippen LogP contribution in [0.15, 0.2) is 35.9 Å². The Morgan fingerprint density at radius 2 is 1.88 bits per heavy atom. The first-order valence-electron chi connectivity index (χ1n) is 4.48. The van der Waals surface area contributed by atoms with Crippen molar-refractivity contribution < 1.29 is 12.3 Å². The monoisotopic (exact) mass is 265 g/mol. The molecule has 1 rings (SSSR count). The van der Waals surface area contributed by atoms with Gasteiger partial charge in [0.25, 0.3) is 0 Å². The Balaban J connectivity index is 0.00000225. The summed E-state index contributed by atoms with van der Waals surface area (Å²) in [4.78, 5) is 0. The fourth-order valence-corrected chi connectivity index (χ4v) is 1.28. The number of nitrogens with one attached hydrogen (secondary N) is 1. The average molecular weight is 266 g/mol. The Labute approximate surface area is 101 Å². The zero-order valence-corrected chi connectivity index (χ0v) is 10.3. The minimum absolute atomic E-state index is 0. The lowest BCUT2D eigenvalue weighted by Gasteiger charge is -2.01. The molecule has 0 unspecified atom stereocenters. The van der Waals surface area contributed by atoms with Gasteiger partial charge in [0.15, 0.2) is 0 Å². The van der Waals surface area contributed by atoms with E-state index < -0.39 is 10.2 Å². The highest BCUT2D eigenvalue weighted by Crippen LogP contribution is 2.09. The van der Waals surface area contributed by atoms with Gasteiger partial charge in [-0.05, 0) is 24.1 Å². The second kappa shape index (κ2) is 6.50. The maximum absolute atomic E-state index is 12.1. The highest BCUT2D eigenvalue weighted by atomic mass is 35.5. The lowest BCUT2D eigenvalue weighted by Crippen LogP contribution is -1.90. The molecule has 0 aromatic heterocycles. The SMILES string of the molecule is CCc1ccc(NC=CS(=O)(=O)F)cc1.Cl. The Morgan fingerprint density at radius 1 is 1.31 bits per heavy atom. The quantitative estimate of drug-likeness (QED) is 0.852. The Bertz CT molecular complexity index is 442. The maximum atomic E-state index is 12.1. The molecule has 1 aromatic rings. The van der Waals surface area contributed by atoms with E-state index in [1.807, 2.05) is 19.1 Å². The molecule has 6 heteroatoms. The molecule has 0 spiro atoms. The summed E-state index contributed by atoms with van der Waals surface area (Å²) in [5.74, 6) is 0. The predicted octanol–water partition coefficient (Wildman–Crippen LogP) is 2.85. The summed E-state index contributed by atoms with van der Waals surface area (Å²) < 4.78 is 32.3. The van der Waals surface area contributed by atoms with Crippen molar-refractivity contribution in [1.29, 1.82) is 0 Å². The molecule has 0 aliphatic heterocycles. The number of hydrogen-bond donors (Lipinski definition) is 1. The summed E-state index contributed by atoms with van der Waals surface area (Å²) in [6.07, 6.45) is 1.99. The zero-order chi connectivity index (χ0) is 11.3. The third-order valence-corrected chi connectivity index (χ3v) is 2.30. The molecule has 0 radical (unpaired) electrons. The maximum Gasteiger partial charge on any atom is 0.326 e. The van der Waals surface area contributed by atoms with Gasteiger partial charge in [0.05, 0.1) is 5.41 Å². The molecule has 3 nitrogen and oxygen atoms in total. The molecule has 0 saturated carbocycles. The number of benzene rings is 1. The number of rotatable bonds is 4. The zero-order valence-electron chi connectivity index (χ0n) is 8.68. The van der Waals surface area contributed by atoms with Crippen LogP contribution in [0.4, 0.5) is 9.57 Å². The van der Waals surface area contributed by atoms with Crippen LogP contribution in [0.5, 0.6) is 0 Å². The van der Waals surface area contributed by atoms with Gasteiger partial charge in [-0.1, -0.05) is 19.1 Å². The molecule has 0 aliphatic rings. The highest BCUT2D eigenvalue weighted by molar-refractivity contribution is 7.89. The van der Waals surface area contributed by atoms with Gasteiger partial charge in [-0.3, -0.25) is 0 Å². The molecule has 0 amide bonds. The number of aryl methyl sites for hydroxylation is 1. The van der Waals surface area contributed by atoms with Gasteiger partial charge in [0.1, 0.15) is 0 Å². The molecule has 90 valence electrons. The summed E-state index contributed by atoms with van der Waals surface area (Å²) in [6, 6.07) is 7.43. The molecule has 1 aromatic carbocycles. The first-order chi connectivity index (χ1) is 7.01. The van der Waals surface area contributed by atoms with Crippen LogP contribution in [0, 0.1) is 0 Å². The Morgan fingerprint density at radius 3 is 2.31 bits per heavy atom.